The fourth-order valence-corrected chi connectivity index (χ4v) is 18.1. The lowest BCUT2D eigenvalue weighted by molar-refractivity contribution is 0.569. The van der Waals surface area contributed by atoms with Crippen molar-refractivity contribution in [1.29, 1.82) is 0 Å². The number of nitrogens with zero attached hydrogens (tertiary/aromatic N) is 3. The molecule has 0 fully saturated rings. The van der Waals surface area contributed by atoms with Gasteiger partial charge in [-0.05, 0) is 192 Å². The Labute approximate surface area is 634 Å². The number of rotatable bonds is 10. The molecule has 3 heterocycles. The van der Waals surface area contributed by atoms with E-state index in [4.69, 9.17) is 0 Å². The Morgan fingerprint density at radius 1 is 0.241 bits per heavy atom. The van der Waals surface area contributed by atoms with Crippen molar-refractivity contribution >= 4 is 111 Å². The molecule has 516 valence electrons. The fraction of sp³-hybridized carbons (Fsp3) is 0.115. The lowest BCUT2D eigenvalue weighted by Gasteiger charge is -2.46. The summed E-state index contributed by atoms with van der Waals surface area (Å²) in [6.07, 6.45) is 0. The van der Waals surface area contributed by atoms with Crippen LogP contribution in [0.4, 0.5) is 34.1 Å². The summed E-state index contributed by atoms with van der Waals surface area (Å²) in [6.45, 7) is 21.1. The fourth-order valence-electron chi connectivity index (χ4n) is 18.1. The molecular formula is C104H82BN3. The Balaban J connectivity index is 0.944. The van der Waals surface area contributed by atoms with Crippen LogP contribution in [0.15, 0.2) is 334 Å². The van der Waals surface area contributed by atoms with Crippen LogP contribution in [0.2, 0.25) is 0 Å². The molecular weight excluding hydrogens is 1300 g/mol. The van der Waals surface area contributed by atoms with Crippen molar-refractivity contribution in [3.63, 3.8) is 0 Å². The normalized spacial score (nSPS) is 13.0. The highest BCUT2D eigenvalue weighted by Gasteiger charge is 2.46. The van der Waals surface area contributed by atoms with Gasteiger partial charge in [0.2, 0.25) is 0 Å². The summed E-state index contributed by atoms with van der Waals surface area (Å²) in [6, 6.07) is 128. The number of aromatic nitrogens is 1. The summed E-state index contributed by atoms with van der Waals surface area (Å²) in [7, 11) is 0. The zero-order valence-electron chi connectivity index (χ0n) is 62.7. The van der Waals surface area contributed by atoms with E-state index in [1.807, 2.05) is 0 Å². The molecule has 0 amide bonds. The Morgan fingerprint density at radius 2 is 0.611 bits per heavy atom. The molecule has 0 unspecified atom stereocenters. The van der Waals surface area contributed by atoms with E-state index >= 15 is 0 Å². The number of hydrogen-bond donors (Lipinski definition) is 0. The summed E-state index contributed by atoms with van der Waals surface area (Å²) in [5.74, 6) is 0. The molecule has 20 rings (SSSR count). The third kappa shape index (κ3) is 10.4. The third-order valence-electron chi connectivity index (χ3n) is 23.5. The molecule has 0 saturated heterocycles. The maximum atomic E-state index is 2.74. The van der Waals surface area contributed by atoms with Crippen molar-refractivity contribution < 1.29 is 0 Å². The van der Waals surface area contributed by atoms with Crippen LogP contribution in [0.1, 0.15) is 79.0 Å². The zero-order valence-corrected chi connectivity index (χ0v) is 62.7. The van der Waals surface area contributed by atoms with Gasteiger partial charge in [0.1, 0.15) is 0 Å². The maximum absolute atomic E-state index is 2.74. The van der Waals surface area contributed by atoms with Crippen LogP contribution < -0.4 is 26.2 Å². The number of fused-ring (bicyclic) bond motifs is 5. The van der Waals surface area contributed by atoms with Crippen molar-refractivity contribution in [3.8, 4) is 83.6 Å². The molecule has 0 saturated carbocycles. The maximum Gasteiger partial charge on any atom is 0.252 e. The quantitative estimate of drug-likeness (QED) is 0.0768. The highest BCUT2D eigenvalue weighted by atomic mass is 15.2. The van der Waals surface area contributed by atoms with Crippen LogP contribution in [-0.4, -0.2) is 11.3 Å². The first-order valence-electron chi connectivity index (χ1n) is 38.3. The molecule has 2 aliphatic rings. The molecule has 1 aromatic heterocycles. The van der Waals surface area contributed by atoms with Crippen LogP contribution >= 0.6 is 0 Å². The van der Waals surface area contributed by atoms with E-state index in [0.29, 0.717) is 0 Å². The average molecular weight is 1380 g/mol. The molecule has 0 spiro atoms. The minimum absolute atomic E-state index is 0.107. The van der Waals surface area contributed by atoms with E-state index < -0.39 is 0 Å². The topological polar surface area (TPSA) is 11.4 Å². The second kappa shape index (κ2) is 24.5. The molecule has 108 heavy (non-hydrogen) atoms. The number of hydrogen-bond acceptors (Lipinski definition) is 2. The molecule has 18 aromatic rings. The molecule has 4 heteroatoms. The van der Waals surface area contributed by atoms with Crippen LogP contribution in [0.25, 0.3) is 138 Å². The van der Waals surface area contributed by atoms with Gasteiger partial charge in [-0.3, -0.25) is 0 Å². The van der Waals surface area contributed by atoms with E-state index in [1.54, 1.807) is 0 Å². The second-order valence-corrected chi connectivity index (χ2v) is 33.2. The monoisotopic (exact) mass is 1380 g/mol. The van der Waals surface area contributed by atoms with E-state index in [2.05, 4.69) is 410 Å². The number of anilines is 6. The Bertz CT molecular complexity index is 6310. The minimum Gasteiger partial charge on any atom is -0.310 e. The summed E-state index contributed by atoms with van der Waals surface area (Å²) in [4.78, 5) is 5.47. The number of benzene rings is 17. The van der Waals surface area contributed by atoms with Crippen molar-refractivity contribution in [2.24, 2.45) is 0 Å². The highest BCUT2D eigenvalue weighted by Crippen LogP contribution is 2.56. The largest absolute Gasteiger partial charge is 0.310 e. The predicted octanol–water partition coefficient (Wildman–Crippen LogP) is 26.8. The van der Waals surface area contributed by atoms with Gasteiger partial charge in [-0.2, -0.15) is 0 Å². The molecule has 0 radical (unpaired) electrons. The van der Waals surface area contributed by atoms with Gasteiger partial charge in [0.25, 0.3) is 6.71 Å². The molecule has 3 nitrogen and oxygen atoms in total. The van der Waals surface area contributed by atoms with Crippen molar-refractivity contribution in [2.45, 2.75) is 78.6 Å². The molecule has 0 aliphatic carbocycles. The summed E-state index contributed by atoms with van der Waals surface area (Å²) >= 11 is 0. The lowest BCUT2D eigenvalue weighted by atomic mass is 9.33. The third-order valence-corrected chi connectivity index (χ3v) is 23.5. The van der Waals surface area contributed by atoms with Crippen molar-refractivity contribution in [2.75, 3.05) is 9.80 Å². The van der Waals surface area contributed by atoms with Gasteiger partial charge in [-0.1, -0.05) is 341 Å². The first-order chi connectivity index (χ1) is 52.5. The van der Waals surface area contributed by atoms with E-state index in [9.17, 15) is 0 Å². The van der Waals surface area contributed by atoms with Crippen LogP contribution in [0.3, 0.4) is 0 Å². The van der Waals surface area contributed by atoms with Gasteiger partial charge >= 0.3 is 0 Å². The summed E-state index contributed by atoms with van der Waals surface area (Å²) < 4.78 is 2.59. The average Bonchev–Trinajstić information content (AvgIpc) is 1.50. The summed E-state index contributed by atoms with van der Waals surface area (Å²) in [5, 5.41) is 10.4. The Hall–Kier alpha value is -12.5. The van der Waals surface area contributed by atoms with Gasteiger partial charge in [-0.15, -0.1) is 0 Å². The predicted molar refractivity (Wildman–Crippen MR) is 464 cm³/mol. The number of para-hydroxylation sites is 2. The molecule has 0 atom stereocenters. The summed E-state index contributed by atoms with van der Waals surface area (Å²) in [5.41, 5.74) is 33.7. The van der Waals surface area contributed by atoms with E-state index in [1.165, 1.54) is 121 Å². The first kappa shape index (κ1) is 65.1. The van der Waals surface area contributed by atoms with Gasteiger partial charge in [-0.25, -0.2) is 0 Å². The molecule has 17 aromatic carbocycles. The molecule has 0 bridgehead atoms. The van der Waals surface area contributed by atoms with E-state index in [0.717, 1.165) is 84.3 Å². The van der Waals surface area contributed by atoms with Crippen molar-refractivity contribution in [3.05, 3.63) is 350 Å². The minimum atomic E-state index is -0.338. The molecule has 0 N–H and O–H groups in total. The first-order valence-corrected chi connectivity index (χ1v) is 38.3. The highest BCUT2D eigenvalue weighted by molar-refractivity contribution is 7.00. The smallest absolute Gasteiger partial charge is 0.252 e. The van der Waals surface area contributed by atoms with Gasteiger partial charge in [0, 0.05) is 61.5 Å². The van der Waals surface area contributed by atoms with Gasteiger partial charge < -0.3 is 14.4 Å². The van der Waals surface area contributed by atoms with E-state index in [-0.39, 0.29) is 23.0 Å². The van der Waals surface area contributed by atoms with Crippen LogP contribution in [0, 0.1) is 0 Å². The van der Waals surface area contributed by atoms with Gasteiger partial charge in [0.05, 0.1) is 22.4 Å². The molecule has 2 aliphatic heterocycles. The standard InChI is InChI=1S/C104H82BN3/c1-102(2,3)77-58-76(59-78(61-77)103(4,5)6)73-48-52-87-91(60-73)107(101-83(74-40-22-38-71(56-74)65-28-14-10-15-29-65)44-27-45-84(101)75-41-23-39-72(57-75)66-30-16-11-17-31-66)93-62-79(104(7,8)9)63-94-99(93)105(87)88-53-51-80(64-92(88)108(94)100-81(67-32-18-12-19-33-67)42-26-43-82(100)68-34-20-13-21-35-68)106-89-54-49-69-36-24-46-85-86-47-25-37-70-50-55-90(106)98(96(70)86)97(89)95(69)85/h10-64H,1-9H3. The van der Waals surface area contributed by atoms with Crippen LogP contribution in [-0.2, 0) is 16.2 Å². The zero-order chi connectivity index (χ0) is 73.1. The second-order valence-electron chi connectivity index (χ2n) is 33.2. The Kier molecular flexibility index (Phi) is 14.8. The lowest BCUT2D eigenvalue weighted by Crippen LogP contribution is -2.61. The SMILES string of the molecule is CC(C)(C)c1cc(-c2ccc3c(c2)N(c2c(-c4cccc(-c5ccccc5)c4)cccc2-c2cccc(-c4ccccc4)c2)c2cc(C(C)(C)C)cc4c2B3c2ccc(-n3c5ccc6cccc7c8cccc9ccc3c(c98)c5c67)cc2N4c2c(-c3ccccc3)cccc2-c2ccccc2)cc(C(C)(C)C)c1. The van der Waals surface area contributed by atoms with Crippen LogP contribution in [0.5, 0.6) is 0 Å². The Morgan fingerprint density at radius 3 is 1.06 bits per heavy atom. The van der Waals surface area contributed by atoms with Crippen molar-refractivity contribution in [1.82, 2.24) is 4.57 Å². The van der Waals surface area contributed by atoms with Gasteiger partial charge in [0.15, 0.2) is 0 Å².